The summed E-state index contributed by atoms with van der Waals surface area (Å²) >= 11 is 1.42. The van der Waals surface area contributed by atoms with Crippen molar-refractivity contribution in [2.75, 3.05) is 0 Å². The Morgan fingerprint density at radius 2 is 1.70 bits per heavy atom. The van der Waals surface area contributed by atoms with E-state index in [-0.39, 0.29) is 0 Å². The van der Waals surface area contributed by atoms with E-state index in [9.17, 15) is 0 Å². The highest BCUT2D eigenvalue weighted by atomic mass is 32.1. The summed E-state index contributed by atoms with van der Waals surface area (Å²) in [6, 6.07) is 0. The summed E-state index contributed by atoms with van der Waals surface area (Å²) in [6.07, 6.45) is 1.56. The van der Waals surface area contributed by atoms with Gasteiger partial charge >= 0.3 is 0 Å². The number of hydrogen-bond acceptors (Lipinski definition) is 3. The second-order valence-corrected chi connectivity index (χ2v) is 1.94. The molecule has 0 aliphatic carbocycles. The maximum Gasteiger partial charge on any atom is 0.129 e. The number of rotatable bonds is 0. The molecule has 0 saturated carbocycles. The van der Waals surface area contributed by atoms with Crippen LogP contribution in [0.15, 0.2) is 6.33 Å². The van der Waals surface area contributed by atoms with Gasteiger partial charge in [-0.2, -0.15) is 4.37 Å². The van der Waals surface area contributed by atoms with E-state index in [1.807, 2.05) is 34.6 Å². The molecule has 0 aliphatic heterocycles. The molecule has 1 aromatic rings. The van der Waals surface area contributed by atoms with Gasteiger partial charge in [-0.05, 0) is 18.5 Å². The molecule has 60 valence electrons. The van der Waals surface area contributed by atoms with Gasteiger partial charge in [0.25, 0.3) is 0 Å². The van der Waals surface area contributed by atoms with Crippen LogP contribution in [0.3, 0.4) is 0 Å². The van der Waals surface area contributed by atoms with Gasteiger partial charge in [0.15, 0.2) is 0 Å². The normalized spacial score (nSPS) is 6.50. The lowest BCUT2D eigenvalue weighted by Crippen LogP contribution is -1.56. The Morgan fingerprint density at radius 3 is 1.80 bits per heavy atom. The molecule has 0 aromatic carbocycles. The van der Waals surface area contributed by atoms with Gasteiger partial charge in [0, 0.05) is 0 Å². The highest BCUT2D eigenvalue weighted by Crippen LogP contribution is 1.92. The number of hydrogen-bond donors (Lipinski definition) is 0. The van der Waals surface area contributed by atoms with E-state index in [2.05, 4.69) is 9.36 Å². The molecule has 3 heteroatoms. The van der Waals surface area contributed by atoms with Crippen molar-refractivity contribution >= 4 is 11.5 Å². The minimum Gasteiger partial charge on any atom is -0.228 e. The molecule has 0 N–H and O–H groups in total. The fourth-order valence-corrected chi connectivity index (χ4v) is 0.569. The van der Waals surface area contributed by atoms with Gasteiger partial charge in [-0.3, -0.25) is 0 Å². The van der Waals surface area contributed by atoms with Crippen molar-refractivity contribution in [3.63, 3.8) is 0 Å². The smallest absolute Gasteiger partial charge is 0.129 e. The van der Waals surface area contributed by atoms with Gasteiger partial charge in [-0.25, -0.2) is 4.98 Å². The van der Waals surface area contributed by atoms with E-state index in [0.717, 1.165) is 5.01 Å². The van der Waals surface area contributed by atoms with Crippen LogP contribution in [0.4, 0.5) is 0 Å². The molecule has 0 saturated heterocycles. The van der Waals surface area contributed by atoms with Crippen LogP contribution in [-0.4, -0.2) is 9.36 Å². The summed E-state index contributed by atoms with van der Waals surface area (Å²) in [5, 5.41) is 1.02. The molecule has 0 unspecified atom stereocenters. The van der Waals surface area contributed by atoms with Crippen molar-refractivity contribution < 1.29 is 0 Å². The highest BCUT2D eigenvalue weighted by molar-refractivity contribution is 7.05. The van der Waals surface area contributed by atoms with Gasteiger partial charge in [-0.1, -0.05) is 27.7 Å². The van der Waals surface area contributed by atoms with E-state index < -0.39 is 0 Å². The fourth-order valence-electron chi connectivity index (χ4n) is 0.228. The lowest BCUT2D eigenvalue weighted by molar-refractivity contribution is 1.26. The van der Waals surface area contributed by atoms with Crippen molar-refractivity contribution in [2.45, 2.75) is 34.6 Å². The molecule has 0 spiro atoms. The summed E-state index contributed by atoms with van der Waals surface area (Å²) in [5.41, 5.74) is 0. The zero-order valence-corrected chi connectivity index (χ0v) is 8.20. The van der Waals surface area contributed by atoms with Gasteiger partial charge in [0.1, 0.15) is 11.3 Å². The van der Waals surface area contributed by atoms with Crippen LogP contribution in [0.25, 0.3) is 0 Å². The van der Waals surface area contributed by atoms with E-state index in [0.29, 0.717) is 0 Å². The van der Waals surface area contributed by atoms with Crippen LogP contribution in [-0.2, 0) is 0 Å². The van der Waals surface area contributed by atoms with Gasteiger partial charge in [0.05, 0.1) is 0 Å². The maximum absolute atomic E-state index is 3.82. The SMILES string of the molecule is CC.CC.Cc1ncns1. The van der Waals surface area contributed by atoms with E-state index in [1.54, 1.807) is 6.33 Å². The lowest BCUT2D eigenvalue weighted by Gasteiger charge is -1.62. The van der Waals surface area contributed by atoms with E-state index in [1.165, 1.54) is 11.5 Å². The Hall–Kier alpha value is -0.440. The van der Waals surface area contributed by atoms with E-state index >= 15 is 0 Å². The molecule has 0 atom stereocenters. The average Bonchev–Trinajstić information content (AvgIpc) is 2.48. The summed E-state index contributed by atoms with van der Waals surface area (Å²) in [5.74, 6) is 0. The van der Waals surface area contributed by atoms with Crippen molar-refractivity contribution in [3.05, 3.63) is 11.3 Å². The van der Waals surface area contributed by atoms with Crippen molar-refractivity contribution in [1.29, 1.82) is 0 Å². The molecule has 2 nitrogen and oxygen atoms in total. The van der Waals surface area contributed by atoms with Crippen LogP contribution in [0, 0.1) is 6.92 Å². The molecule has 1 rings (SSSR count). The highest BCUT2D eigenvalue weighted by Gasteiger charge is 1.78. The molecule has 0 radical (unpaired) electrons. The lowest BCUT2D eigenvalue weighted by atomic mass is 10.9. The van der Waals surface area contributed by atoms with E-state index in [4.69, 9.17) is 0 Å². The summed E-state index contributed by atoms with van der Waals surface area (Å²) in [6.45, 7) is 9.93. The number of aromatic nitrogens is 2. The predicted molar refractivity (Wildman–Crippen MR) is 47.3 cm³/mol. The average molecular weight is 160 g/mol. The zero-order valence-electron chi connectivity index (χ0n) is 7.38. The molecule has 1 aromatic heterocycles. The molecule has 0 bridgehead atoms. The molecule has 0 amide bonds. The number of aryl methyl sites for hydroxylation is 1. The minimum atomic E-state index is 1.02. The quantitative estimate of drug-likeness (QED) is 0.583. The second-order valence-electron chi connectivity index (χ2n) is 0.960. The van der Waals surface area contributed by atoms with Crippen LogP contribution in [0.2, 0.25) is 0 Å². The Morgan fingerprint density at radius 1 is 1.20 bits per heavy atom. The third kappa shape index (κ3) is 7.56. The van der Waals surface area contributed by atoms with Crippen molar-refractivity contribution in [2.24, 2.45) is 0 Å². The molecule has 0 aliphatic rings. The summed E-state index contributed by atoms with van der Waals surface area (Å²) in [7, 11) is 0. The third-order valence-corrected chi connectivity index (χ3v) is 1.04. The maximum atomic E-state index is 3.82. The zero-order chi connectivity index (χ0) is 8.41. The largest absolute Gasteiger partial charge is 0.228 e. The second kappa shape index (κ2) is 11.4. The first-order valence-electron chi connectivity index (χ1n) is 3.63. The van der Waals surface area contributed by atoms with Crippen LogP contribution in [0.1, 0.15) is 32.7 Å². The fraction of sp³-hybridized carbons (Fsp3) is 0.714. The third-order valence-electron chi connectivity index (χ3n) is 0.471. The minimum absolute atomic E-state index is 1.02. The first-order chi connectivity index (χ1) is 4.89. The van der Waals surface area contributed by atoms with Crippen LogP contribution >= 0.6 is 11.5 Å². The number of nitrogens with zero attached hydrogens (tertiary/aromatic N) is 2. The first-order valence-corrected chi connectivity index (χ1v) is 4.40. The molecule has 1 heterocycles. The Labute approximate surface area is 67.5 Å². The summed E-state index contributed by atoms with van der Waals surface area (Å²) in [4.78, 5) is 3.82. The Bertz CT molecular complexity index is 115. The van der Waals surface area contributed by atoms with Gasteiger partial charge in [-0.15, -0.1) is 0 Å². The van der Waals surface area contributed by atoms with Gasteiger partial charge in [0.2, 0.25) is 0 Å². The first kappa shape index (κ1) is 12.3. The molecular weight excluding hydrogens is 144 g/mol. The monoisotopic (exact) mass is 160 g/mol. The standard InChI is InChI=1S/C3H4N2S.2C2H6/c1-3-4-2-5-6-3;2*1-2/h2H,1H3;2*1-2H3. The molecule has 10 heavy (non-hydrogen) atoms. The van der Waals surface area contributed by atoms with Crippen LogP contribution < -0.4 is 0 Å². The van der Waals surface area contributed by atoms with Crippen molar-refractivity contribution in [3.8, 4) is 0 Å². The molecular formula is C7H16N2S. The summed E-state index contributed by atoms with van der Waals surface area (Å²) < 4.78 is 3.75. The molecule has 0 fully saturated rings. The topological polar surface area (TPSA) is 25.8 Å². The van der Waals surface area contributed by atoms with Crippen LogP contribution in [0.5, 0.6) is 0 Å². The predicted octanol–water partition coefficient (Wildman–Crippen LogP) is 2.90. The Kier molecular flexibility index (Phi) is 13.9. The Balaban J connectivity index is 0. The van der Waals surface area contributed by atoms with Crippen molar-refractivity contribution in [1.82, 2.24) is 9.36 Å². The van der Waals surface area contributed by atoms with Gasteiger partial charge < -0.3 is 0 Å².